The zero-order chi connectivity index (χ0) is 12.1. The van der Waals surface area contributed by atoms with E-state index in [4.69, 9.17) is 9.88 Å². The van der Waals surface area contributed by atoms with Gasteiger partial charge in [0.1, 0.15) is 5.60 Å². The van der Waals surface area contributed by atoms with Crippen LogP contribution in [-0.4, -0.2) is 19.1 Å². The predicted molar refractivity (Wildman–Crippen MR) is 57.9 cm³/mol. The van der Waals surface area contributed by atoms with Gasteiger partial charge in [0.25, 0.3) is 0 Å². The number of primary sulfonamides is 1. The van der Waals surface area contributed by atoms with Gasteiger partial charge in [0, 0.05) is 18.1 Å². The number of fused-ring (bicyclic) bond motifs is 1. The summed E-state index contributed by atoms with van der Waals surface area (Å²) in [7, 11) is -3.80. The smallest absolute Gasteiger partial charge is 0.238 e. The lowest BCUT2D eigenvalue weighted by atomic mass is 10.0. The molecule has 0 atom stereocenters. The molecular formula is C10H13NO4S. The molecule has 0 aliphatic carbocycles. The van der Waals surface area contributed by atoms with Crippen molar-refractivity contribution in [3.63, 3.8) is 0 Å². The molecule has 1 aromatic carbocycles. The molecule has 1 aliphatic heterocycles. The lowest BCUT2D eigenvalue weighted by Crippen LogP contribution is -2.24. The molecule has 1 heterocycles. The Kier molecular flexibility index (Phi) is 2.18. The Bertz CT molecular complexity index is 548. The first-order chi connectivity index (χ1) is 7.19. The second-order valence-corrected chi connectivity index (χ2v) is 6.08. The predicted octanol–water partition coefficient (Wildman–Crippen LogP) is 0.753. The Hall–Kier alpha value is -1.27. The van der Waals surface area contributed by atoms with E-state index in [1.807, 2.05) is 13.8 Å². The average Bonchev–Trinajstić information content (AvgIpc) is 2.38. The molecule has 0 unspecified atom stereocenters. The third kappa shape index (κ3) is 1.85. The summed E-state index contributed by atoms with van der Waals surface area (Å²) < 4.78 is 27.9. The van der Waals surface area contributed by atoms with Crippen LogP contribution in [0.1, 0.15) is 19.4 Å². The number of ether oxygens (including phenoxy) is 1. The standard InChI is InChI=1S/C10H13NO4S/c1-10(2)5-6-3-7(16(11,13)14)4-8(12)9(6)15-10/h3-4,12H,5H2,1-2H3,(H2,11,13,14). The molecule has 2 rings (SSSR count). The van der Waals surface area contributed by atoms with E-state index in [1.54, 1.807) is 0 Å². The Morgan fingerprint density at radius 2 is 2.06 bits per heavy atom. The zero-order valence-corrected chi connectivity index (χ0v) is 9.84. The molecule has 0 saturated carbocycles. The van der Waals surface area contributed by atoms with Crippen LogP contribution in [0.25, 0.3) is 0 Å². The molecule has 0 aromatic heterocycles. The number of benzene rings is 1. The van der Waals surface area contributed by atoms with Crippen LogP contribution in [0.3, 0.4) is 0 Å². The van der Waals surface area contributed by atoms with Gasteiger partial charge in [-0.15, -0.1) is 0 Å². The molecule has 0 amide bonds. The number of sulfonamides is 1. The van der Waals surface area contributed by atoms with Crippen LogP contribution in [0.2, 0.25) is 0 Å². The maximum absolute atomic E-state index is 11.2. The largest absolute Gasteiger partial charge is 0.504 e. The van der Waals surface area contributed by atoms with Crippen LogP contribution in [-0.2, 0) is 16.4 Å². The molecular weight excluding hydrogens is 230 g/mol. The second-order valence-electron chi connectivity index (χ2n) is 4.51. The van der Waals surface area contributed by atoms with E-state index >= 15 is 0 Å². The van der Waals surface area contributed by atoms with Crippen molar-refractivity contribution in [2.24, 2.45) is 5.14 Å². The molecule has 0 bridgehead atoms. The molecule has 1 aliphatic rings. The lowest BCUT2D eigenvalue weighted by Gasteiger charge is -2.17. The number of hydrogen-bond acceptors (Lipinski definition) is 4. The highest BCUT2D eigenvalue weighted by Crippen LogP contribution is 2.42. The fourth-order valence-corrected chi connectivity index (χ4v) is 2.41. The van der Waals surface area contributed by atoms with Crippen molar-refractivity contribution in [3.8, 4) is 11.5 Å². The van der Waals surface area contributed by atoms with Gasteiger partial charge < -0.3 is 9.84 Å². The first-order valence-electron chi connectivity index (χ1n) is 4.77. The normalized spacial score (nSPS) is 17.9. The molecule has 0 spiro atoms. The quantitative estimate of drug-likeness (QED) is 0.761. The highest BCUT2D eigenvalue weighted by atomic mass is 32.2. The Balaban J connectivity index is 2.59. The summed E-state index contributed by atoms with van der Waals surface area (Å²) in [4.78, 5) is -0.0925. The Labute approximate surface area is 93.9 Å². The summed E-state index contributed by atoms with van der Waals surface area (Å²) in [5.74, 6) is 0.157. The summed E-state index contributed by atoms with van der Waals surface area (Å²) in [6, 6.07) is 2.55. The summed E-state index contributed by atoms with van der Waals surface area (Å²) >= 11 is 0. The van der Waals surface area contributed by atoms with Crippen molar-refractivity contribution in [3.05, 3.63) is 17.7 Å². The maximum Gasteiger partial charge on any atom is 0.238 e. The molecule has 0 saturated heterocycles. The number of aromatic hydroxyl groups is 1. The van der Waals surface area contributed by atoms with Crippen molar-refractivity contribution in [2.75, 3.05) is 0 Å². The van der Waals surface area contributed by atoms with Gasteiger partial charge in [-0.3, -0.25) is 0 Å². The van der Waals surface area contributed by atoms with Gasteiger partial charge >= 0.3 is 0 Å². The maximum atomic E-state index is 11.2. The summed E-state index contributed by atoms with van der Waals surface area (Å²) in [5, 5.41) is 14.7. The molecule has 3 N–H and O–H groups in total. The minimum Gasteiger partial charge on any atom is -0.504 e. The molecule has 6 heteroatoms. The van der Waals surface area contributed by atoms with E-state index in [2.05, 4.69) is 0 Å². The van der Waals surface area contributed by atoms with Crippen LogP contribution in [0, 0.1) is 0 Å². The lowest BCUT2D eigenvalue weighted by molar-refractivity contribution is 0.134. The van der Waals surface area contributed by atoms with E-state index in [0.717, 1.165) is 6.07 Å². The van der Waals surface area contributed by atoms with E-state index in [1.165, 1.54) is 6.07 Å². The SMILES string of the molecule is CC1(C)Cc2cc(S(N)(=O)=O)cc(O)c2O1. The fourth-order valence-electron chi connectivity index (χ4n) is 1.83. The minimum atomic E-state index is -3.80. The van der Waals surface area contributed by atoms with Gasteiger partial charge in [-0.25, -0.2) is 13.6 Å². The fraction of sp³-hybridized carbons (Fsp3) is 0.400. The number of rotatable bonds is 1. The van der Waals surface area contributed by atoms with E-state index in [-0.39, 0.29) is 10.6 Å². The summed E-state index contributed by atoms with van der Waals surface area (Å²) in [6.07, 6.45) is 0.541. The molecule has 5 nitrogen and oxygen atoms in total. The van der Waals surface area contributed by atoms with Crippen molar-refractivity contribution >= 4 is 10.0 Å². The monoisotopic (exact) mass is 243 g/mol. The molecule has 16 heavy (non-hydrogen) atoms. The third-order valence-corrected chi connectivity index (χ3v) is 3.34. The van der Waals surface area contributed by atoms with Gasteiger partial charge in [0.15, 0.2) is 11.5 Å². The van der Waals surface area contributed by atoms with Crippen LogP contribution in [0.4, 0.5) is 0 Å². The van der Waals surface area contributed by atoms with E-state index < -0.39 is 15.6 Å². The summed E-state index contributed by atoms with van der Waals surface area (Å²) in [6.45, 7) is 3.73. The van der Waals surface area contributed by atoms with Gasteiger partial charge in [0.05, 0.1) is 4.90 Å². The average molecular weight is 243 g/mol. The van der Waals surface area contributed by atoms with Gasteiger partial charge in [0.2, 0.25) is 10.0 Å². The van der Waals surface area contributed by atoms with Gasteiger partial charge in [-0.05, 0) is 19.9 Å². The molecule has 0 radical (unpaired) electrons. The first kappa shape index (κ1) is 11.2. The number of nitrogens with two attached hydrogens (primary N) is 1. The highest BCUT2D eigenvalue weighted by molar-refractivity contribution is 7.89. The Morgan fingerprint density at radius 1 is 1.44 bits per heavy atom. The zero-order valence-electron chi connectivity index (χ0n) is 9.02. The van der Waals surface area contributed by atoms with Crippen LogP contribution in [0.15, 0.2) is 17.0 Å². The second kappa shape index (κ2) is 3.11. The highest BCUT2D eigenvalue weighted by Gasteiger charge is 2.33. The van der Waals surface area contributed by atoms with Crippen molar-refractivity contribution in [1.82, 2.24) is 0 Å². The molecule has 0 fully saturated rings. The van der Waals surface area contributed by atoms with Crippen LogP contribution < -0.4 is 9.88 Å². The van der Waals surface area contributed by atoms with Gasteiger partial charge in [-0.1, -0.05) is 0 Å². The van der Waals surface area contributed by atoms with E-state index in [9.17, 15) is 13.5 Å². The van der Waals surface area contributed by atoms with Crippen LogP contribution in [0.5, 0.6) is 11.5 Å². The number of phenolic OH excluding ortho intramolecular Hbond substituents is 1. The minimum absolute atomic E-state index is 0.0925. The topological polar surface area (TPSA) is 89.6 Å². The molecule has 88 valence electrons. The summed E-state index contributed by atoms with van der Waals surface area (Å²) in [5.41, 5.74) is 0.227. The van der Waals surface area contributed by atoms with Crippen molar-refractivity contribution in [1.29, 1.82) is 0 Å². The number of hydrogen-bond donors (Lipinski definition) is 2. The molecule has 1 aromatic rings. The Morgan fingerprint density at radius 3 is 2.62 bits per heavy atom. The number of phenols is 1. The van der Waals surface area contributed by atoms with Crippen molar-refractivity contribution < 1.29 is 18.3 Å². The van der Waals surface area contributed by atoms with Crippen LogP contribution >= 0.6 is 0 Å². The third-order valence-electron chi connectivity index (χ3n) is 2.44. The van der Waals surface area contributed by atoms with E-state index in [0.29, 0.717) is 17.7 Å². The van der Waals surface area contributed by atoms with Crippen molar-refractivity contribution in [2.45, 2.75) is 30.8 Å². The van der Waals surface area contributed by atoms with Gasteiger partial charge in [-0.2, -0.15) is 0 Å². The first-order valence-corrected chi connectivity index (χ1v) is 6.31.